The number of amides is 1. The van der Waals surface area contributed by atoms with Crippen molar-refractivity contribution in [1.82, 2.24) is 4.98 Å². The lowest BCUT2D eigenvalue weighted by Crippen LogP contribution is -2.15. The van der Waals surface area contributed by atoms with Crippen molar-refractivity contribution in [2.24, 2.45) is 0 Å². The number of aromatic carboxylic acids is 1. The van der Waals surface area contributed by atoms with Crippen LogP contribution in [0.25, 0.3) is 0 Å². The van der Waals surface area contributed by atoms with Crippen molar-refractivity contribution in [3.8, 4) is 0 Å². The van der Waals surface area contributed by atoms with Gasteiger partial charge < -0.3 is 15.4 Å². The minimum absolute atomic E-state index is 0.0121. The number of carbonyl (C=O) groups is 2. The first-order valence-electron chi connectivity index (χ1n) is 5.89. The van der Waals surface area contributed by atoms with Gasteiger partial charge in [-0.25, -0.2) is 9.18 Å². The van der Waals surface area contributed by atoms with Gasteiger partial charge in [-0.3, -0.25) is 4.79 Å². The summed E-state index contributed by atoms with van der Waals surface area (Å²) in [6.45, 7) is 3.21. The molecule has 1 aromatic heterocycles. The average Bonchev–Trinajstić information content (AvgIpc) is 2.70. The summed E-state index contributed by atoms with van der Waals surface area (Å²) in [5.41, 5.74) is 1.42. The van der Waals surface area contributed by atoms with Crippen molar-refractivity contribution >= 4 is 17.6 Å². The van der Waals surface area contributed by atoms with E-state index in [0.29, 0.717) is 16.8 Å². The predicted molar refractivity (Wildman–Crippen MR) is 71.6 cm³/mol. The normalized spacial score (nSPS) is 10.3. The second-order valence-electron chi connectivity index (χ2n) is 4.42. The van der Waals surface area contributed by atoms with E-state index in [0.717, 1.165) is 0 Å². The number of benzene rings is 1. The SMILES string of the molecule is Cc1cc(F)ccc1C(=O)Nc1c[nH]c(C)c1C(=O)O. The third-order valence-electron chi connectivity index (χ3n) is 2.97. The Hall–Kier alpha value is -2.63. The van der Waals surface area contributed by atoms with Gasteiger partial charge in [0.25, 0.3) is 5.91 Å². The van der Waals surface area contributed by atoms with Crippen LogP contribution in [0.1, 0.15) is 32.0 Å². The van der Waals surface area contributed by atoms with Crippen molar-refractivity contribution in [1.29, 1.82) is 0 Å². The van der Waals surface area contributed by atoms with Crippen molar-refractivity contribution in [3.63, 3.8) is 0 Å². The zero-order valence-electron chi connectivity index (χ0n) is 11.0. The molecular weight excluding hydrogens is 263 g/mol. The lowest BCUT2D eigenvalue weighted by molar-refractivity contribution is 0.0697. The summed E-state index contributed by atoms with van der Waals surface area (Å²) in [5.74, 6) is -2.04. The number of carboxylic acids is 1. The first-order valence-corrected chi connectivity index (χ1v) is 5.89. The number of anilines is 1. The van der Waals surface area contributed by atoms with Gasteiger partial charge in [0.1, 0.15) is 11.4 Å². The van der Waals surface area contributed by atoms with Crippen LogP contribution in [-0.2, 0) is 0 Å². The van der Waals surface area contributed by atoms with Crippen molar-refractivity contribution in [2.75, 3.05) is 5.32 Å². The summed E-state index contributed by atoms with van der Waals surface area (Å²) < 4.78 is 13.0. The minimum atomic E-state index is -1.13. The number of rotatable bonds is 3. The smallest absolute Gasteiger partial charge is 0.339 e. The first kappa shape index (κ1) is 13.8. The summed E-state index contributed by atoms with van der Waals surface area (Å²) in [6.07, 6.45) is 1.41. The number of hydrogen-bond acceptors (Lipinski definition) is 2. The Morgan fingerprint density at radius 1 is 1.30 bits per heavy atom. The van der Waals surface area contributed by atoms with Gasteiger partial charge >= 0.3 is 5.97 Å². The van der Waals surface area contributed by atoms with Crippen LogP contribution in [0.5, 0.6) is 0 Å². The van der Waals surface area contributed by atoms with Gasteiger partial charge in [0.15, 0.2) is 0 Å². The minimum Gasteiger partial charge on any atom is -0.478 e. The molecule has 1 amide bonds. The van der Waals surface area contributed by atoms with E-state index >= 15 is 0 Å². The van der Waals surface area contributed by atoms with E-state index in [1.165, 1.54) is 24.4 Å². The van der Waals surface area contributed by atoms with Crippen LogP contribution < -0.4 is 5.32 Å². The third-order valence-corrected chi connectivity index (χ3v) is 2.97. The molecule has 1 aromatic carbocycles. The molecule has 2 aromatic rings. The highest BCUT2D eigenvalue weighted by atomic mass is 19.1. The molecule has 5 nitrogen and oxygen atoms in total. The molecule has 104 valence electrons. The molecule has 2 rings (SSSR count). The van der Waals surface area contributed by atoms with Crippen LogP contribution >= 0.6 is 0 Å². The Kier molecular flexibility index (Phi) is 3.56. The number of H-pyrrole nitrogens is 1. The lowest BCUT2D eigenvalue weighted by Gasteiger charge is -2.07. The molecule has 20 heavy (non-hydrogen) atoms. The summed E-state index contributed by atoms with van der Waals surface area (Å²) in [4.78, 5) is 25.9. The molecule has 0 aliphatic carbocycles. The second-order valence-corrected chi connectivity index (χ2v) is 4.42. The Balaban J connectivity index is 2.31. The van der Waals surface area contributed by atoms with Gasteiger partial charge in [-0.05, 0) is 37.6 Å². The summed E-state index contributed by atoms with van der Waals surface area (Å²) in [7, 11) is 0. The van der Waals surface area contributed by atoms with Crippen LogP contribution in [0.3, 0.4) is 0 Å². The molecule has 0 spiro atoms. The highest BCUT2D eigenvalue weighted by molar-refractivity contribution is 6.08. The van der Waals surface area contributed by atoms with E-state index in [-0.39, 0.29) is 11.3 Å². The maximum absolute atomic E-state index is 13.0. The van der Waals surface area contributed by atoms with E-state index in [4.69, 9.17) is 5.11 Å². The summed E-state index contributed by atoms with van der Waals surface area (Å²) >= 11 is 0. The number of aromatic nitrogens is 1. The Morgan fingerprint density at radius 2 is 2.00 bits per heavy atom. The highest BCUT2D eigenvalue weighted by Crippen LogP contribution is 2.20. The molecule has 0 atom stereocenters. The number of nitrogens with one attached hydrogen (secondary N) is 2. The van der Waals surface area contributed by atoms with Gasteiger partial charge in [-0.2, -0.15) is 0 Å². The van der Waals surface area contributed by atoms with Gasteiger partial charge in [0.2, 0.25) is 0 Å². The fraction of sp³-hybridized carbons (Fsp3) is 0.143. The van der Waals surface area contributed by atoms with E-state index in [1.807, 2.05) is 0 Å². The maximum atomic E-state index is 13.0. The molecule has 0 unspecified atom stereocenters. The molecule has 0 fully saturated rings. The van der Waals surface area contributed by atoms with Gasteiger partial charge in [0, 0.05) is 17.5 Å². The van der Waals surface area contributed by atoms with E-state index < -0.39 is 17.7 Å². The standard InChI is InChI=1S/C14H13FN2O3/c1-7-5-9(15)3-4-10(7)13(18)17-11-6-16-8(2)12(11)14(19)20/h3-6,16H,1-2H3,(H,17,18)(H,19,20). The zero-order chi connectivity index (χ0) is 14.9. The van der Waals surface area contributed by atoms with Crippen molar-refractivity contribution in [2.45, 2.75) is 13.8 Å². The van der Waals surface area contributed by atoms with Gasteiger partial charge in [-0.1, -0.05) is 0 Å². The zero-order valence-corrected chi connectivity index (χ0v) is 11.0. The maximum Gasteiger partial charge on any atom is 0.339 e. The van der Waals surface area contributed by atoms with Gasteiger partial charge in [-0.15, -0.1) is 0 Å². The molecular formula is C14H13FN2O3. The molecule has 0 saturated heterocycles. The summed E-state index contributed by atoms with van der Waals surface area (Å²) in [5, 5.41) is 11.6. The third kappa shape index (κ3) is 2.54. The lowest BCUT2D eigenvalue weighted by atomic mass is 10.1. The summed E-state index contributed by atoms with van der Waals surface area (Å²) in [6, 6.07) is 3.79. The topological polar surface area (TPSA) is 82.2 Å². The Labute approximate surface area is 114 Å². The molecule has 0 aliphatic rings. The van der Waals surface area contributed by atoms with Crippen LogP contribution in [0.2, 0.25) is 0 Å². The number of carbonyl (C=O) groups excluding carboxylic acids is 1. The molecule has 0 aliphatic heterocycles. The van der Waals surface area contributed by atoms with Gasteiger partial charge in [0.05, 0.1) is 5.69 Å². The molecule has 0 radical (unpaired) electrons. The van der Waals surface area contributed by atoms with E-state index in [1.54, 1.807) is 13.8 Å². The molecule has 0 saturated carbocycles. The Morgan fingerprint density at radius 3 is 2.60 bits per heavy atom. The largest absolute Gasteiger partial charge is 0.478 e. The second kappa shape index (κ2) is 5.16. The monoisotopic (exact) mass is 276 g/mol. The quantitative estimate of drug-likeness (QED) is 0.806. The predicted octanol–water partition coefficient (Wildman–Crippen LogP) is 2.72. The number of hydrogen-bond donors (Lipinski definition) is 3. The van der Waals surface area contributed by atoms with Crippen LogP contribution in [-0.4, -0.2) is 22.0 Å². The van der Waals surface area contributed by atoms with Crippen molar-refractivity contribution < 1.29 is 19.1 Å². The molecule has 1 heterocycles. The number of aryl methyl sites for hydroxylation is 2. The van der Waals surface area contributed by atoms with E-state index in [9.17, 15) is 14.0 Å². The fourth-order valence-electron chi connectivity index (χ4n) is 1.97. The van der Waals surface area contributed by atoms with Crippen LogP contribution in [0, 0.1) is 19.7 Å². The Bertz CT molecular complexity index is 692. The van der Waals surface area contributed by atoms with Crippen LogP contribution in [0.15, 0.2) is 24.4 Å². The fourth-order valence-corrected chi connectivity index (χ4v) is 1.97. The molecule has 0 bridgehead atoms. The first-order chi connectivity index (χ1) is 9.40. The number of halogens is 1. The van der Waals surface area contributed by atoms with E-state index in [2.05, 4.69) is 10.3 Å². The van der Waals surface area contributed by atoms with Crippen LogP contribution in [0.4, 0.5) is 10.1 Å². The average molecular weight is 276 g/mol. The molecule has 3 N–H and O–H groups in total. The highest BCUT2D eigenvalue weighted by Gasteiger charge is 2.18. The number of aromatic amines is 1. The van der Waals surface area contributed by atoms with Crippen molar-refractivity contribution in [3.05, 3.63) is 52.6 Å². The molecule has 6 heteroatoms. The number of carboxylic acid groups (broad SMARTS) is 1.